The number of benzene rings is 1. The normalized spacial score (nSPS) is 17.3. The molecule has 0 amide bonds. The van der Waals surface area contributed by atoms with Crippen molar-refractivity contribution in [3.05, 3.63) is 34.6 Å². The topological polar surface area (TPSA) is 73.8 Å². The van der Waals surface area contributed by atoms with Gasteiger partial charge in [-0.15, -0.1) is 0 Å². The minimum atomic E-state index is -3.12. The van der Waals surface area contributed by atoms with E-state index >= 15 is 0 Å². The quantitative estimate of drug-likeness (QED) is 0.561. The molecule has 26 heavy (non-hydrogen) atoms. The number of aliphatic imine (C=N–C) groups is 1. The third-order valence-electron chi connectivity index (χ3n) is 4.51. The van der Waals surface area contributed by atoms with Gasteiger partial charge in [0, 0.05) is 43.3 Å². The molecule has 9 heteroatoms. The third-order valence-corrected chi connectivity index (χ3v) is 6.74. The van der Waals surface area contributed by atoms with Crippen LogP contribution >= 0.6 is 11.6 Å². The Morgan fingerprint density at radius 3 is 2.65 bits per heavy atom. The predicted molar refractivity (Wildman–Crippen MR) is 104 cm³/mol. The maximum Gasteiger partial charge on any atom is 0.213 e. The molecule has 0 atom stereocenters. The number of rotatable bonds is 6. The molecule has 1 aliphatic heterocycles. The Labute approximate surface area is 159 Å². The largest absolute Gasteiger partial charge is 0.356 e. The van der Waals surface area contributed by atoms with Gasteiger partial charge in [-0.3, -0.25) is 4.99 Å². The molecule has 0 bridgehead atoms. The van der Waals surface area contributed by atoms with Gasteiger partial charge in [-0.1, -0.05) is 17.7 Å². The molecule has 0 spiro atoms. The first-order chi connectivity index (χ1) is 12.4. The van der Waals surface area contributed by atoms with Crippen LogP contribution in [-0.4, -0.2) is 57.2 Å². The molecule has 0 unspecified atom stereocenters. The Kier molecular flexibility index (Phi) is 7.67. The number of sulfonamides is 1. The summed E-state index contributed by atoms with van der Waals surface area (Å²) < 4.78 is 39.1. The highest BCUT2D eigenvalue weighted by Crippen LogP contribution is 2.19. The van der Waals surface area contributed by atoms with Crippen LogP contribution in [-0.2, 0) is 16.4 Å². The number of nitrogens with one attached hydrogen (secondary N) is 2. The predicted octanol–water partition coefficient (Wildman–Crippen LogP) is 2.00. The van der Waals surface area contributed by atoms with E-state index in [4.69, 9.17) is 11.6 Å². The van der Waals surface area contributed by atoms with Crippen molar-refractivity contribution in [2.75, 3.05) is 32.4 Å². The van der Waals surface area contributed by atoms with E-state index in [-0.39, 0.29) is 17.6 Å². The van der Waals surface area contributed by atoms with Gasteiger partial charge in [0.1, 0.15) is 5.82 Å². The highest BCUT2D eigenvalue weighted by atomic mass is 35.5. The smallest absolute Gasteiger partial charge is 0.213 e. The Hall–Kier alpha value is -1.38. The first kappa shape index (κ1) is 20.9. The average Bonchev–Trinajstić information content (AvgIpc) is 2.63. The second kappa shape index (κ2) is 9.53. The van der Waals surface area contributed by atoms with Gasteiger partial charge < -0.3 is 10.6 Å². The molecule has 1 fully saturated rings. The van der Waals surface area contributed by atoms with Crippen LogP contribution in [0.5, 0.6) is 0 Å². The minimum absolute atomic E-state index is 0.132. The highest BCUT2D eigenvalue weighted by molar-refractivity contribution is 7.89. The van der Waals surface area contributed by atoms with Crippen LogP contribution in [0, 0.1) is 5.82 Å². The molecule has 0 saturated carbocycles. The Bertz CT molecular complexity index is 714. The van der Waals surface area contributed by atoms with Crippen molar-refractivity contribution in [1.82, 2.24) is 14.9 Å². The molecule has 2 rings (SSSR count). The molecule has 0 aromatic heterocycles. The standard InChI is InChI=1S/C17H26ClFN4O2S/c1-3-26(24,25)23-11-8-13(9-12-23)22-17(20-2)21-10-7-14-15(18)5-4-6-16(14)19/h4-6,13H,3,7-12H2,1-2H3,(H2,20,21,22). The Balaban J connectivity index is 1.80. The Morgan fingerprint density at radius 1 is 1.38 bits per heavy atom. The van der Waals surface area contributed by atoms with Crippen LogP contribution in [0.2, 0.25) is 5.02 Å². The SMILES string of the molecule is CCS(=O)(=O)N1CCC(NC(=NC)NCCc2c(F)cccc2Cl)CC1. The van der Waals surface area contributed by atoms with Gasteiger partial charge >= 0.3 is 0 Å². The molecular formula is C17H26ClFN4O2S. The van der Waals surface area contributed by atoms with Gasteiger partial charge in [0.25, 0.3) is 0 Å². The Morgan fingerprint density at radius 2 is 2.08 bits per heavy atom. The van der Waals surface area contributed by atoms with Gasteiger partial charge in [-0.2, -0.15) is 0 Å². The fraction of sp³-hybridized carbons (Fsp3) is 0.588. The fourth-order valence-electron chi connectivity index (χ4n) is 2.93. The number of hydrogen-bond acceptors (Lipinski definition) is 3. The maximum absolute atomic E-state index is 13.8. The number of halogens is 2. The van der Waals surface area contributed by atoms with Crippen LogP contribution < -0.4 is 10.6 Å². The fourth-order valence-corrected chi connectivity index (χ4v) is 4.32. The van der Waals surface area contributed by atoms with Crippen LogP contribution in [0.4, 0.5) is 4.39 Å². The van der Waals surface area contributed by atoms with Crippen LogP contribution in [0.15, 0.2) is 23.2 Å². The van der Waals surface area contributed by atoms with Crippen molar-refractivity contribution in [1.29, 1.82) is 0 Å². The second-order valence-corrected chi connectivity index (χ2v) is 8.83. The van der Waals surface area contributed by atoms with Crippen LogP contribution in [0.3, 0.4) is 0 Å². The van der Waals surface area contributed by atoms with Crippen LogP contribution in [0.25, 0.3) is 0 Å². The molecule has 6 nitrogen and oxygen atoms in total. The molecule has 2 N–H and O–H groups in total. The molecule has 0 radical (unpaired) electrons. The number of piperidine rings is 1. The summed E-state index contributed by atoms with van der Waals surface area (Å²) in [7, 11) is -1.45. The molecule has 1 aromatic carbocycles. The van der Waals surface area contributed by atoms with Crippen molar-refractivity contribution in [2.45, 2.75) is 32.2 Å². The van der Waals surface area contributed by atoms with Crippen molar-refractivity contribution >= 4 is 27.6 Å². The number of hydrogen-bond donors (Lipinski definition) is 2. The summed E-state index contributed by atoms with van der Waals surface area (Å²) in [6.45, 7) is 3.17. The zero-order valence-corrected chi connectivity index (χ0v) is 16.7. The molecule has 1 saturated heterocycles. The van der Waals surface area contributed by atoms with Gasteiger partial charge in [0.15, 0.2) is 5.96 Å². The summed E-state index contributed by atoms with van der Waals surface area (Å²) >= 11 is 6.03. The second-order valence-electron chi connectivity index (χ2n) is 6.17. The van der Waals surface area contributed by atoms with Gasteiger partial charge in [-0.05, 0) is 38.3 Å². The van der Waals surface area contributed by atoms with Crippen molar-refractivity contribution < 1.29 is 12.8 Å². The van der Waals surface area contributed by atoms with Gasteiger partial charge in [0.2, 0.25) is 10.0 Å². The summed E-state index contributed by atoms with van der Waals surface area (Å²) in [5.74, 6) is 0.438. The summed E-state index contributed by atoms with van der Waals surface area (Å²) in [6, 6.07) is 4.80. The van der Waals surface area contributed by atoms with Gasteiger partial charge in [0.05, 0.1) is 5.75 Å². The van der Waals surface area contributed by atoms with Crippen molar-refractivity contribution in [3.63, 3.8) is 0 Å². The number of guanidine groups is 1. The van der Waals surface area contributed by atoms with E-state index in [1.165, 1.54) is 6.07 Å². The molecule has 0 aliphatic carbocycles. The highest BCUT2D eigenvalue weighted by Gasteiger charge is 2.26. The molecule has 1 heterocycles. The number of nitrogens with zero attached hydrogens (tertiary/aromatic N) is 2. The summed E-state index contributed by atoms with van der Waals surface area (Å²) in [4.78, 5) is 4.18. The maximum atomic E-state index is 13.8. The first-order valence-corrected chi connectivity index (χ1v) is 10.7. The van der Waals surface area contributed by atoms with E-state index in [0.717, 1.165) is 12.8 Å². The zero-order valence-electron chi connectivity index (χ0n) is 15.1. The summed E-state index contributed by atoms with van der Waals surface area (Å²) in [6.07, 6.45) is 1.89. The lowest BCUT2D eigenvalue weighted by Crippen LogP contribution is -2.50. The lowest BCUT2D eigenvalue weighted by molar-refractivity contribution is 0.306. The van der Waals surface area contributed by atoms with Crippen LogP contribution in [0.1, 0.15) is 25.3 Å². The molecule has 146 valence electrons. The monoisotopic (exact) mass is 404 g/mol. The summed E-state index contributed by atoms with van der Waals surface area (Å²) in [5.41, 5.74) is 0.482. The van der Waals surface area contributed by atoms with Crippen molar-refractivity contribution in [3.8, 4) is 0 Å². The molecular weight excluding hydrogens is 379 g/mol. The first-order valence-electron chi connectivity index (χ1n) is 8.75. The van der Waals surface area contributed by atoms with E-state index in [1.807, 2.05) is 0 Å². The summed E-state index contributed by atoms with van der Waals surface area (Å²) in [5, 5.41) is 6.87. The van der Waals surface area contributed by atoms with E-state index in [1.54, 1.807) is 30.4 Å². The average molecular weight is 405 g/mol. The minimum Gasteiger partial charge on any atom is -0.356 e. The van der Waals surface area contributed by atoms with Gasteiger partial charge in [-0.25, -0.2) is 17.1 Å². The molecule has 1 aromatic rings. The van der Waals surface area contributed by atoms with E-state index < -0.39 is 10.0 Å². The lowest BCUT2D eigenvalue weighted by Gasteiger charge is -2.32. The molecule has 1 aliphatic rings. The zero-order chi connectivity index (χ0) is 19.2. The third kappa shape index (κ3) is 5.56. The van der Waals surface area contributed by atoms with Crippen molar-refractivity contribution in [2.24, 2.45) is 4.99 Å². The lowest BCUT2D eigenvalue weighted by atomic mass is 10.1. The van der Waals surface area contributed by atoms with E-state index in [9.17, 15) is 12.8 Å². The van der Waals surface area contributed by atoms with E-state index in [2.05, 4.69) is 15.6 Å². The van der Waals surface area contributed by atoms with E-state index in [0.29, 0.717) is 42.6 Å².